The lowest BCUT2D eigenvalue weighted by molar-refractivity contribution is -0.0424. The largest absolute Gasteiger partial charge is 0.371 e. The van der Waals surface area contributed by atoms with E-state index in [4.69, 9.17) is 9.94 Å². The Morgan fingerprint density at radius 1 is 1.62 bits per heavy atom. The van der Waals surface area contributed by atoms with E-state index in [0.29, 0.717) is 17.6 Å². The van der Waals surface area contributed by atoms with Gasteiger partial charge in [0.05, 0.1) is 17.8 Å². The number of hydrogen-bond acceptors (Lipinski definition) is 6. The summed E-state index contributed by atoms with van der Waals surface area (Å²) in [6, 6.07) is 2.79. The third-order valence-corrected chi connectivity index (χ3v) is 5.63. The number of carbonyl (C=O) groups is 1. The normalized spacial score (nSPS) is 31.9. The fraction of sp³-hybridized carbons (Fsp3) is 0.647. The van der Waals surface area contributed by atoms with Gasteiger partial charge >= 0.3 is 0 Å². The molecule has 3 N–H and O–H groups in total. The highest BCUT2D eigenvalue weighted by molar-refractivity contribution is 5.93. The summed E-state index contributed by atoms with van der Waals surface area (Å²) in [7, 11) is 0. The molecule has 1 amide bonds. The zero-order chi connectivity index (χ0) is 16.7. The predicted molar refractivity (Wildman–Crippen MR) is 86.8 cm³/mol. The van der Waals surface area contributed by atoms with E-state index in [1.54, 1.807) is 5.48 Å². The molecule has 1 aromatic heterocycles. The molecule has 0 spiro atoms. The van der Waals surface area contributed by atoms with Crippen molar-refractivity contribution < 1.29 is 14.7 Å². The van der Waals surface area contributed by atoms with Crippen molar-refractivity contribution >= 4 is 5.91 Å². The van der Waals surface area contributed by atoms with E-state index in [1.165, 1.54) is 6.20 Å². The second kappa shape index (κ2) is 6.07. The fourth-order valence-electron chi connectivity index (χ4n) is 4.30. The Balaban J connectivity index is 1.56. The molecular weight excluding hydrogens is 308 g/mol. The molecule has 3 aliphatic heterocycles. The van der Waals surface area contributed by atoms with Crippen LogP contribution >= 0.6 is 0 Å². The van der Waals surface area contributed by atoms with Crippen molar-refractivity contribution in [1.29, 1.82) is 0 Å². The van der Waals surface area contributed by atoms with Crippen LogP contribution in [0, 0.1) is 0 Å². The summed E-state index contributed by atoms with van der Waals surface area (Å²) >= 11 is 0. The van der Waals surface area contributed by atoms with Crippen LogP contribution in [0.3, 0.4) is 0 Å². The Morgan fingerprint density at radius 2 is 2.50 bits per heavy atom. The van der Waals surface area contributed by atoms with Crippen LogP contribution in [0.5, 0.6) is 0 Å². The van der Waals surface area contributed by atoms with Gasteiger partial charge in [-0.1, -0.05) is 6.92 Å². The first-order valence-corrected chi connectivity index (χ1v) is 8.66. The summed E-state index contributed by atoms with van der Waals surface area (Å²) in [4.78, 5) is 18.6. The highest BCUT2D eigenvalue weighted by atomic mass is 16.5. The molecule has 4 heterocycles. The number of ether oxygens (including phenoxy) is 1. The molecule has 0 unspecified atom stereocenters. The minimum atomic E-state index is -0.519. The quantitative estimate of drug-likeness (QED) is 0.549. The molecule has 0 saturated carbocycles. The molecule has 7 nitrogen and oxygen atoms in total. The molecule has 0 aliphatic carbocycles. The number of nitrogens with one attached hydrogen (secondary N) is 2. The molecule has 1 aromatic rings. The van der Waals surface area contributed by atoms with Crippen molar-refractivity contribution in [1.82, 2.24) is 20.7 Å². The number of amides is 1. The maximum atomic E-state index is 11.6. The van der Waals surface area contributed by atoms with E-state index < -0.39 is 5.91 Å². The molecule has 3 atom stereocenters. The van der Waals surface area contributed by atoms with E-state index in [0.717, 1.165) is 56.8 Å². The van der Waals surface area contributed by atoms with E-state index in [-0.39, 0.29) is 5.60 Å². The number of hydroxylamine groups is 1. The summed E-state index contributed by atoms with van der Waals surface area (Å²) in [6.07, 6.45) is 4.57. The van der Waals surface area contributed by atoms with Crippen molar-refractivity contribution in [2.75, 3.05) is 19.7 Å². The van der Waals surface area contributed by atoms with Crippen LogP contribution in [0.1, 0.15) is 41.4 Å². The van der Waals surface area contributed by atoms with Gasteiger partial charge in [0.15, 0.2) is 0 Å². The van der Waals surface area contributed by atoms with Crippen molar-refractivity contribution in [2.45, 2.75) is 50.4 Å². The van der Waals surface area contributed by atoms with Gasteiger partial charge in [-0.15, -0.1) is 0 Å². The molecule has 4 rings (SSSR count). The van der Waals surface area contributed by atoms with Crippen LogP contribution in [-0.4, -0.2) is 58.4 Å². The molecule has 7 heteroatoms. The van der Waals surface area contributed by atoms with Gasteiger partial charge in [-0.05, 0) is 24.5 Å². The van der Waals surface area contributed by atoms with Crippen LogP contribution in [0.15, 0.2) is 12.3 Å². The van der Waals surface area contributed by atoms with Crippen molar-refractivity contribution in [3.63, 3.8) is 0 Å². The first-order chi connectivity index (χ1) is 11.6. The summed E-state index contributed by atoms with van der Waals surface area (Å²) in [6.45, 7) is 5.61. The number of nitrogens with zero attached hydrogens (tertiary/aromatic N) is 2. The molecule has 2 bridgehead atoms. The fourth-order valence-corrected chi connectivity index (χ4v) is 4.30. The Kier molecular flexibility index (Phi) is 4.04. The monoisotopic (exact) mass is 332 g/mol. The molecule has 3 aliphatic rings. The van der Waals surface area contributed by atoms with Crippen molar-refractivity contribution in [3.05, 3.63) is 29.1 Å². The Morgan fingerprint density at radius 3 is 3.12 bits per heavy atom. The van der Waals surface area contributed by atoms with Gasteiger partial charge in [-0.25, -0.2) is 5.48 Å². The lowest BCUT2D eigenvalue weighted by atomic mass is 9.93. The Bertz CT molecular complexity index is 643. The third-order valence-electron chi connectivity index (χ3n) is 5.63. The SMILES string of the molecule is CC[C@@H]1Cc2ncc(C(=O)NO)cc2CN1C[C@@]12CN[C@@H](CO1)C2. The molecule has 130 valence electrons. The standard InChI is InChI=1S/C17H24N4O3/c1-2-14-4-15-12(3-11(6-18-15)16(22)20-23)7-21(14)10-17-5-13(8-24-17)19-9-17/h3,6,13-14,19,23H,2,4-5,7-10H2,1H3,(H,20,22)/t13-,14-,17-/m1/s1. The molecule has 0 radical (unpaired) electrons. The zero-order valence-electron chi connectivity index (χ0n) is 13.9. The van der Waals surface area contributed by atoms with Gasteiger partial charge in [-0.2, -0.15) is 0 Å². The van der Waals surface area contributed by atoms with Crippen LogP contribution in [0.4, 0.5) is 0 Å². The number of rotatable bonds is 4. The second-order valence-electron chi connectivity index (χ2n) is 7.22. The average molecular weight is 332 g/mol. The van der Waals surface area contributed by atoms with Gasteiger partial charge in [0.1, 0.15) is 0 Å². The minimum Gasteiger partial charge on any atom is -0.371 e. The van der Waals surface area contributed by atoms with Gasteiger partial charge < -0.3 is 10.1 Å². The van der Waals surface area contributed by atoms with E-state index in [1.807, 2.05) is 6.07 Å². The topological polar surface area (TPSA) is 86.7 Å². The van der Waals surface area contributed by atoms with Crippen LogP contribution in [0.25, 0.3) is 0 Å². The van der Waals surface area contributed by atoms with Crippen LogP contribution < -0.4 is 10.8 Å². The first-order valence-electron chi connectivity index (χ1n) is 8.66. The molecular formula is C17H24N4O3. The number of pyridine rings is 1. The maximum absolute atomic E-state index is 11.6. The van der Waals surface area contributed by atoms with Gasteiger partial charge in [0.2, 0.25) is 0 Å². The molecule has 24 heavy (non-hydrogen) atoms. The summed E-state index contributed by atoms with van der Waals surface area (Å²) < 4.78 is 6.09. The van der Waals surface area contributed by atoms with E-state index in [2.05, 4.69) is 22.1 Å². The third kappa shape index (κ3) is 2.71. The minimum absolute atomic E-state index is 0.0664. The van der Waals surface area contributed by atoms with Crippen molar-refractivity contribution in [3.8, 4) is 0 Å². The summed E-state index contributed by atoms with van der Waals surface area (Å²) in [5.74, 6) is -0.519. The number of morpholine rings is 1. The molecule has 0 aromatic carbocycles. The van der Waals surface area contributed by atoms with Gasteiger partial charge in [0, 0.05) is 50.0 Å². The lowest BCUT2D eigenvalue weighted by Gasteiger charge is -2.41. The molecule has 2 fully saturated rings. The lowest BCUT2D eigenvalue weighted by Crippen LogP contribution is -2.52. The van der Waals surface area contributed by atoms with Crippen molar-refractivity contribution in [2.24, 2.45) is 0 Å². The zero-order valence-corrected chi connectivity index (χ0v) is 13.9. The first kappa shape index (κ1) is 16.0. The van der Waals surface area contributed by atoms with Gasteiger partial charge in [0.25, 0.3) is 5.91 Å². The van der Waals surface area contributed by atoms with Crippen LogP contribution in [-0.2, 0) is 17.7 Å². The Hall–Kier alpha value is -1.54. The predicted octanol–water partition coefficient (Wildman–Crippen LogP) is 0.468. The number of fused-ring (bicyclic) bond motifs is 3. The highest BCUT2D eigenvalue weighted by Crippen LogP contribution is 2.35. The van der Waals surface area contributed by atoms with E-state index in [9.17, 15) is 4.79 Å². The maximum Gasteiger partial charge on any atom is 0.276 e. The highest BCUT2D eigenvalue weighted by Gasteiger charge is 2.48. The number of carbonyl (C=O) groups excluding carboxylic acids is 1. The number of hydrogen-bond donors (Lipinski definition) is 3. The van der Waals surface area contributed by atoms with Crippen LogP contribution in [0.2, 0.25) is 0 Å². The summed E-state index contributed by atoms with van der Waals surface area (Å²) in [5, 5.41) is 12.3. The van der Waals surface area contributed by atoms with E-state index >= 15 is 0 Å². The summed E-state index contributed by atoms with van der Waals surface area (Å²) in [5.41, 5.74) is 4.13. The average Bonchev–Trinajstić information content (AvgIpc) is 3.20. The smallest absolute Gasteiger partial charge is 0.276 e. The molecule has 2 saturated heterocycles. The second-order valence-corrected chi connectivity index (χ2v) is 7.22. The number of aromatic nitrogens is 1. The Labute approximate surface area is 141 Å². The van der Waals surface area contributed by atoms with Gasteiger partial charge in [-0.3, -0.25) is 19.9 Å².